The smallest absolute Gasteiger partial charge is 0.413 e. The molecule has 1 amide bonds. The number of nitrogens with zero attached hydrogens (tertiary/aromatic N) is 1. The van der Waals surface area contributed by atoms with Crippen molar-refractivity contribution < 1.29 is 9.53 Å². The van der Waals surface area contributed by atoms with Crippen molar-refractivity contribution in [2.24, 2.45) is 0 Å². The van der Waals surface area contributed by atoms with Gasteiger partial charge in [-0.2, -0.15) is 5.10 Å². The summed E-state index contributed by atoms with van der Waals surface area (Å²) in [6.07, 6.45) is 6.17. The Balaban J connectivity index is 2.34. The lowest BCUT2D eigenvalue weighted by Gasteiger charge is -2.19. The summed E-state index contributed by atoms with van der Waals surface area (Å²) in [5.74, 6) is 0.588. The van der Waals surface area contributed by atoms with E-state index in [0.717, 1.165) is 12.1 Å². The maximum Gasteiger partial charge on any atom is 0.413 e. The van der Waals surface area contributed by atoms with Crippen molar-refractivity contribution >= 4 is 11.9 Å². The molecule has 0 radical (unpaired) electrons. The van der Waals surface area contributed by atoms with Crippen LogP contribution in [0.4, 0.5) is 10.6 Å². The van der Waals surface area contributed by atoms with Crippen LogP contribution in [0.25, 0.3) is 0 Å². The highest BCUT2D eigenvalue weighted by Crippen LogP contribution is 2.13. The van der Waals surface area contributed by atoms with E-state index in [4.69, 9.17) is 4.74 Å². The van der Waals surface area contributed by atoms with E-state index in [-0.39, 0.29) is 0 Å². The molecule has 120 valence electrons. The van der Waals surface area contributed by atoms with E-state index in [1.807, 2.05) is 20.8 Å². The van der Waals surface area contributed by atoms with E-state index in [1.54, 1.807) is 6.20 Å². The van der Waals surface area contributed by atoms with Gasteiger partial charge in [0.2, 0.25) is 0 Å². The topological polar surface area (TPSA) is 79.0 Å². The second-order valence-corrected chi connectivity index (χ2v) is 6.13. The van der Waals surface area contributed by atoms with E-state index in [2.05, 4.69) is 27.8 Å². The number of rotatable bonds is 8. The molecule has 0 fully saturated rings. The Hall–Kier alpha value is -1.56. The third kappa shape index (κ3) is 7.70. The van der Waals surface area contributed by atoms with Crippen LogP contribution in [0.15, 0.2) is 6.20 Å². The first-order valence-corrected chi connectivity index (χ1v) is 7.65. The molecule has 0 unspecified atom stereocenters. The van der Waals surface area contributed by atoms with Crippen LogP contribution >= 0.6 is 0 Å². The summed E-state index contributed by atoms with van der Waals surface area (Å²) in [5, 5.41) is 12.8. The van der Waals surface area contributed by atoms with Gasteiger partial charge in [0.05, 0.1) is 6.20 Å². The minimum absolute atomic E-state index is 0.476. The molecule has 3 N–H and O–H groups in total. The molecule has 1 aromatic heterocycles. The fourth-order valence-corrected chi connectivity index (χ4v) is 1.86. The minimum atomic E-state index is -0.512. The van der Waals surface area contributed by atoms with Crippen LogP contribution in [-0.2, 0) is 11.3 Å². The number of carbonyl (C=O) groups is 1. The SMILES string of the molecule is CCCCCCNCc1cn[nH]c1NC(=O)OC(C)(C)C. The average Bonchev–Trinajstić information content (AvgIpc) is 2.78. The summed E-state index contributed by atoms with van der Waals surface area (Å²) in [7, 11) is 0. The van der Waals surface area contributed by atoms with E-state index >= 15 is 0 Å². The van der Waals surface area contributed by atoms with Crippen molar-refractivity contribution in [3.8, 4) is 0 Å². The van der Waals surface area contributed by atoms with E-state index < -0.39 is 11.7 Å². The normalized spacial score (nSPS) is 11.4. The summed E-state index contributed by atoms with van der Waals surface area (Å²) < 4.78 is 5.22. The van der Waals surface area contributed by atoms with Crippen molar-refractivity contribution in [3.63, 3.8) is 0 Å². The summed E-state index contributed by atoms with van der Waals surface area (Å²) in [6.45, 7) is 9.34. The molecule has 0 aromatic carbocycles. The lowest BCUT2D eigenvalue weighted by Crippen LogP contribution is -2.27. The number of amides is 1. The van der Waals surface area contributed by atoms with Crippen molar-refractivity contribution in [1.82, 2.24) is 15.5 Å². The van der Waals surface area contributed by atoms with Crippen LogP contribution in [0.5, 0.6) is 0 Å². The van der Waals surface area contributed by atoms with Crippen LogP contribution < -0.4 is 10.6 Å². The van der Waals surface area contributed by atoms with Gasteiger partial charge in [-0.05, 0) is 33.7 Å². The summed E-state index contributed by atoms with van der Waals surface area (Å²) in [6, 6.07) is 0. The molecule has 0 saturated heterocycles. The molecule has 0 spiro atoms. The van der Waals surface area contributed by atoms with Crippen LogP contribution in [0.2, 0.25) is 0 Å². The number of aromatic amines is 1. The number of hydrogen-bond acceptors (Lipinski definition) is 4. The molecular weight excluding hydrogens is 268 g/mol. The first-order valence-electron chi connectivity index (χ1n) is 7.65. The molecule has 1 aromatic rings. The van der Waals surface area contributed by atoms with Crippen LogP contribution in [0.1, 0.15) is 58.9 Å². The molecule has 0 atom stereocenters. The third-order valence-corrected chi connectivity index (χ3v) is 2.87. The Morgan fingerprint density at radius 3 is 2.76 bits per heavy atom. The van der Waals surface area contributed by atoms with Crippen molar-refractivity contribution in [3.05, 3.63) is 11.8 Å². The third-order valence-electron chi connectivity index (χ3n) is 2.87. The van der Waals surface area contributed by atoms with Gasteiger partial charge in [-0.15, -0.1) is 0 Å². The lowest BCUT2D eigenvalue weighted by atomic mass is 10.2. The van der Waals surface area contributed by atoms with E-state index in [1.165, 1.54) is 25.7 Å². The Kier molecular flexibility index (Phi) is 7.22. The number of carbonyl (C=O) groups excluding carboxylic acids is 1. The molecule has 6 heteroatoms. The largest absolute Gasteiger partial charge is 0.444 e. The second kappa shape index (κ2) is 8.67. The molecule has 0 aliphatic heterocycles. The van der Waals surface area contributed by atoms with Gasteiger partial charge in [0.1, 0.15) is 11.4 Å². The fraction of sp³-hybridized carbons (Fsp3) is 0.733. The maximum atomic E-state index is 11.7. The Morgan fingerprint density at radius 1 is 1.33 bits per heavy atom. The number of hydrogen-bond donors (Lipinski definition) is 3. The Morgan fingerprint density at radius 2 is 2.10 bits per heavy atom. The predicted octanol–water partition coefficient (Wildman–Crippen LogP) is 3.43. The van der Waals surface area contributed by atoms with Gasteiger partial charge in [0.15, 0.2) is 0 Å². The number of unbranched alkanes of at least 4 members (excludes halogenated alkanes) is 3. The van der Waals surface area contributed by atoms with Gasteiger partial charge in [0, 0.05) is 12.1 Å². The summed E-state index contributed by atoms with van der Waals surface area (Å²) in [5.41, 5.74) is 0.415. The van der Waals surface area contributed by atoms with Crippen LogP contribution in [0.3, 0.4) is 0 Å². The molecular formula is C15H28N4O2. The van der Waals surface area contributed by atoms with Crippen LogP contribution in [-0.4, -0.2) is 28.4 Å². The Bertz CT molecular complexity index is 424. The number of ether oxygens (including phenoxy) is 1. The van der Waals surface area contributed by atoms with Gasteiger partial charge in [-0.3, -0.25) is 10.4 Å². The summed E-state index contributed by atoms with van der Waals surface area (Å²) in [4.78, 5) is 11.7. The quantitative estimate of drug-likeness (QED) is 0.642. The zero-order valence-electron chi connectivity index (χ0n) is 13.6. The minimum Gasteiger partial charge on any atom is -0.444 e. The van der Waals surface area contributed by atoms with E-state index in [9.17, 15) is 4.79 Å². The first kappa shape index (κ1) is 17.5. The average molecular weight is 296 g/mol. The molecule has 21 heavy (non-hydrogen) atoms. The number of anilines is 1. The number of nitrogens with one attached hydrogen (secondary N) is 3. The van der Waals surface area contributed by atoms with Crippen molar-refractivity contribution in [1.29, 1.82) is 0 Å². The second-order valence-electron chi connectivity index (χ2n) is 6.13. The molecule has 0 aliphatic rings. The number of aromatic nitrogens is 2. The monoisotopic (exact) mass is 296 g/mol. The van der Waals surface area contributed by atoms with Crippen LogP contribution in [0, 0.1) is 0 Å². The Labute approximate surface area is 127 Å². The standard InChI is InChI=1S/C15H28N4O2/c1-5-6-7-8-9-16-10-12-11-17-19-13(12)18-14(20)21-15(2,3)4/h11,16H,5-10H2,1-4H3,(H2,17,18,19,20). The van der Waals surface area contributed by atoms with Crippen molar-refractivity contribution in [2.75, 3.05) is 11.9 Å². The molecule has 6 nitrogen and oxygen atoms in total. The molecule has 1 rings (SSSR count). The van der Waals surface area contributed by atoms with Gasteiger partial charge in [-0.1, -0.05) is 26.2 Å². The van der Waals surface area contributed by atoms with Gasteiger partial charge in [0.25, 0.3) is 0 Å². The zero-order chi connectivity index (χ0) is 15.7. The van der Waals surface area contributed by atoms with E-state index in [0.29, 0.717) is 12.4 Å². The predicted molar refractivity (Wildman–Crippen MR) is 84.3 cm³/mol. The molecule has 0 bridgehead atoms. The fourth-order valence-electron chi connectivity index (χ4n) is 1.86. The zero-order valence-corrected chi connectivity index (χ0v) is 13.6. The van der Waals surface area contributed by atoms with Gasteiger partial charge < -0.3 is 10.1 Å². The highest BCUT2D eigenvalue weighted by atomic mass is 16.6. The van der Waals surface area contributed by atoms with Gasteiger partial charge in [-0.25, -0.2) is 4.79 Å². The van der Waals surface area contributed by atoms with Gasteiger partial charge >= 0.3 is 6.09 Å². The molecule has 0 aliphatic carbocycles. The highest BCUT2D eigenvalue weighted by Gasteiger charge is 2.17. The molecule has 1 heterocycles. The molecule has 0 saturated carbocycles. The number of H-pyrrole nitrogens is 1. The highest BCUT2D eigenvalue weighted by molar-refractivity contribution is 5.84. The van der Waals surface area contributed by atoms with Crippen molar-refractivity contribution in [2.45, 2.75) is 65.5 Å². The lowest BCUT2D eigenvalue weighted by molar-refractivity contribution is 0.0635. The summed E-state index contributed by atoms with van der Waals surface area (Å²) >= 11 is 0. The first-order chi connectivity index (χ1) is 9.92. The maximum absolute atomic E-state index is 11.7.